The van der Waals surface area contributed by atoms with Gasteiger partial charge in [0.05, 0.1) is 6.33 Å². The summed E-state index contributed by atoms with van der Waals surface area (Å²) in [5.74, 6) is -0.530. The molecular weight excluding hydrogens is 222 g/mol. The number of rotatable bonds is 5. The maximum Gasteiger partial charge on any atom is 0.356 e. The van der Waals surface area contributed by atoms with Gasteiger partial charge in [-0.15, -0.1) is 10.2 Å². The molecule has 7 heteroatoms. The second-order valence-electron chi connectivity index (χ2n) is 3.34. The highest BCUT2D eigenvalue weighted by Crippen LogP contribution is 2.01. The first-order valence-electron chi connectivity index (χ1n) is 5.02. The van der Waals surface area contributed by atoms with E-state index in [-0.39, 0.29) is 5.69 Å². The maximum absolute atomic E-state index is 10.5. The molecule has 0 atom stereocenters. The first kappa shape index (κ1) is 11.1. The summed E-state index contributed by atoms with van der Waals surface area (Å²) in [6.07, 6.45) is 5.29. The number of hydrogen-bond donors (Lipinski definition) is 2. The summed E-state index contributed by atoms with van der Waals surface area (Å²) in [4.78, 5) is 14.5. The SMILES string of the molecule is O=C(O)c1ccc(NCCn2ccnc2)nn1. The first-order valence-corrected chi connectivity index (χ1v) is 5.02. The molecule has 0 saturated carbocycles. The fraction of sp³-hybridized carbons (Fsp3) is 0.200. The van der Waals surface area contributed by atoms with Gasteiger partial charge in [-0.25, -0.2) is 9.78 Å². The van der Waals surface area contributed by atoms with Crippen LogP contribution in [-0.2, 0) is 6.54 Å². The molecule has 7 nitrogen and oxygen atoms in total. The fourth-order valence-electron chi connectivity index (χ4n) is 1.27. The van der Waals surface area contributed by atoms with E-state index < -0.39 is 5.97 Å². The number of carboxylic acid groups (broad SMARTS) is 1. The molecule has 2 rings (SSSR count). The van der Waals surface area contributed by atoms with E-state index in [2.05, 4.69) is 20.5 Å². The Morgan fingerprint density at radius 1 is 1.41 bits per heavy atom. The lowest BCUT2D eigenvalue weighted by atomic mass is 10.4. The van der Waals surface area contributed by atoms with Gasteiger partial charge >= 0.3 is 5.97 Å². The number of aromatic nitrogens is 4. The molecule has 2 N–H and O–H groups in total. The lowest BCUT2D eigenvalue weighted by molar-refractivity contribution is 0.0689. The van der Waals surface area contributed by atoms with Crippen LogP contribution in [0.3, 0.4) is 0 Å². The molecule has 0 aliphatic rings. The summed E-state index contributed by atoms with van der Waals surface area (Å²) < 4.78 is 1.92. The van der Waals surface area contributed by atoms with Crippen LogP contribution >= 0.6 is 0 Å². The maximum atomic E-state index is 10.5. The predicted octanol–water partition coefficient (Wildman–Crippen LogP) is 0.483. The molecule has 0 radical (unpaired) electrons. The molecule has 0 bridgehead atoms. The number of carbonyl (C=O) groups is 1. The number of anilines is 1. The minimum Gasteiger partial charge on any atom is -0.476 e. The van der Waals surface area contributed by atoms with E-state index in [0.717, 1.165) is 6.54 Å². The van der Waals surface area contributed by atoms with E-state index in [1.54, 1.807) is 18.6 Å². The standard InChI is InChI=1S/C10H11N5O2/c16-10(17)8-1-2-9(14-13-8)12-4-6-15-5-3-11-7-15/h1-3,5,7H,4,6H2,(H,12,14)(H,16,17). The quantitative estimate of drug-likeness (QED) is 0.780. The van der Waals surface area contributed by atoms with Gasteiger partial charge in [0.25, 0.3) is 0 Å². The van der Waals surface area contributed by atoms with Crippen LogP contribution in [0.4, 0.5) is 5.82 Å². The van der Waals surface area contributed by atoms with Crippen molar-refractivity contribution in [3.8, 4) is 0 Å². The molecule has 0 fully saturated rings. The van der Waals surface area contributed by atoms with Crippen LogP contribution in [-0.4, -0.2) is 37.4 Å². The van der Waals surface area contributed by atoms with Gasteiger partial charge in [0.15, 0.2) is 5.69 Å². The summed E-state index contributed by atoms with van der Waals surface area (Å²) in [6.45, 7) is 1.42. The molecule has 0 unspecified atom stereocenters. The van der Waals surface area contributed by atoms with Gasteiger partial charge in [-0.05, 0) is 12.1 Å². The van der Waals surface area contributed by atoms with Crippen molar-refractivity contribution in [3.63, 3.8) is 0 Å². The number of nitrogens with zero attached hydrogens (tertiary/aromatic N) is 4. The van der Waals surface area contributed by atoms with Crippen LogP contribution in [0.25, 0.3) is 0 Å². The fourth-order valence-corrected chi connectivity index (χ4v) is 1.27. The molecule has 17 heavy (non-hydrogen) atoms. The van der Waals surface area contributed by atoms with Crippen molar-refractivity contribution < 1.29 is 9.90 Å². The van der Waals surface area contributed by atoms with E-state index in [0.29, 0.717) is 12.4 Å². The molecule has 0 aliphatic heterocycles. The zero-order chi connectivity index (χ0) is 12.1. The van der Waals surface area contributed by atoms with Crippen LogP contribution in [0.2, 0.25) is 0 Å². The summed E-state index contributed by atoms with van der Waals surface area (Å²) in [7, 11) is 0. The Bertz CT molecular complexity index is 480. The monoisotopic (exact) mass is 233 g/mol. The molecule has 0 aliphatic carbocycles. The van der Waals surface area contributed by atoms with E-state index in [4.69, 9.17) is 5.11 Å². The smallest absolute Gasteiger partial charge is 0.356 e. The molecule has 0 amide bonds. The Hall–Kier alpha value is -2.44. The number of imidazole rings is 1. The molecule has 0 saturated heterocycles. The van der Waals surface area contributed by atoms with E-state index in [1.807, 2.05) is 10.8 Å². The van der Waals surface area contributed by atoms with Gasteiger partial charge in [-0.3, -0.25) is 0 Å². The van der Waals surface area contributed by atoms with Gasteiger partial charge < -0.3 is 15.0 Å². The summed E-state index contributed by atoms with van der Waals surface area (Å²) in [6, 6.07) is 3.00. The van der Waals surface area contributed by atoms with Gasteiger partial charge in [0.2, 0.25) is 0 Å². The number of aromatic carboxylic acids is 1. The third-order valence-corrected chi connectivity index (χ3v) is 2.12. The Labute approximate surface area is 97.1 Å². The van der Waals surface area contributed by atoms with Gasteiger partial charge in [0.1, 0.15) is 5.82 Å². The highest BCUT2D eigenvalue weighted by atomic mass is 16.4. The molecule has 2 aromatic rings. The van der Waals surface area contributed by atoms with Crippen LogP contribution < -0.4 is 5.32 Å². The number of hydrogen-bond acceptors (Lipinski definition) is 5. The topological polar surface area (TPSA) is 92.9 Å². The Morgan fingerprint density at radius 3 is 2.88 bits per heavy atom. The van der Waals surface area contributed by atoms with Crippen molar-refractivity contribution >= 4 is 11.8 Å². The average molecular weight is 233 g/mol. The van der Waals surface area contributed by atoms with Crippen LogP contribution in [0.15, 0.2) is 30.9 Å². The molecule has 88 valence electrons. The average Bonchev–Trinajstić information content (AvgIpc) is 2.83. The second kappa shape index (κ2) is 5.06. The highest BCUT2D eigenvalue weighted by Gasteiger charge is 2.04. The molecule has 0 aromatic carbocycles. The third-order valence-electron chi connectivity index (χ3n) is 2.12. The van der Waals surface area contributed by atoms with Gasteiger partial charge in [-0.2, -0.15) is 0 Å². The van der Waals surface area contributed by atoms with Gasteiger partial charge in [-0.1, -0.05) is 0 Å². The van der Waals surface area contributed by atoms with Crippen molar-refractivity contribution in [2.45, 2.75) is 6.54 Å². The summed E-state index contributed by atoms with van der Waals surface area (Å²) in [5.41, 5.74) is -0.0647. The minimum absolute atomic E-state index is 0.0647. The first-order chi connectivity index (χ1) is 8.25. The van der Waals surface area contributed by atoms with Crippen LogP contribution in [0.5, 0.6) is 0 Å². The number of carboxylic acids is 1. The lowest BCUT2D eigenvalue weighted by Crippen LogP contribution is -2.11. The normalized spacial score (nSPS) is 10.1. The molecule has 2 heterocycles. The van der Waals surface area contributed by atoms with E-state index in [9.17, 15) is 4.79 Å². The van der Waals surface area contributed by atoms with Crippen molar-refractivity contribution in [1.29, 1.82) is 0 Å². The van der Waals surface area contributed by atoms with Crippen molar-refractivity contribution in [1.82, 2.24) is 19.7 Å². The van der Waals surface area contributed by atoms with Crippen LogP contribution in [0.1, 0.15) is 10.5 Å². The molecule has 0 spiro atoms. The van der Waals surface area contributed by atoms with E-state index in [1.165, 1.54) is 6.07 Å². The van der Waals surface area contributed by atoms with Crippen LogP contribution in [0, 0.1) is 0 Å². The van der Waals surface area contributed by atoms with Gasteiger partial charge in [0, 0.05) is 25.5 Å². The van der Waals surface area contributed by atoms with Crippen molar-refractivity contribution in [2.24, 2.45) is 0 Å². The minimum atomic E-state index is -1.08. The largest absolute Gasteiger partial charge is 0.476 e. The van der Waals surface area contributed by atoms with Crippen molar-refractivity contribution in [3.05, 3.63) is 36.5 Å². The zero-order valence-electron chi connectivity index (χ0n) is 8.95. The lowest BCUT2D eigenvalue weighted by Gasteiger charge is -2.05. The van der Waals surface area contributed by atoms with E-state index >= 15 is 0 Å². The molecular formula is C10H11N5O2. The second-order valence-corrected chi connectivity index (χ2v) is 3.34. The zero-order valence-corrected chi connectivity index (χ0v) is 8.95. The summed E-state index contributed by atoms with van der Waals surface area (Å²) >= 11 is 0. The Morgan fingerprint density at radius 2 is 2.29 bits per heavy atom. The van der Waals surface area contributed by atoms with Crippen molar-refractivity contribution in [2.75, 3.05) is 11.9 Å². The Balaban J connectivity index is 1.85. The third kappa shape index (κ3) is 3.00. The summed E-state index contributed by atoms with van der Waals surface area (Å²) in [5, 5.41) is 19.0. The molecule has 2 aromatic heterocycles. The number of nitrogens with one attached hydrogen (secondary N) is 1. The Kier molecular flexibility index (Phi) is 3.29. The highest BCUT2D eigenvalue weighted by molar-refractivity contribution is 5.85. The predicted molar refractivity (Wildman–Crippen MR) is 59.7 cm³/mol.